The summed E-state index contributed by atoms with van der Waals surface area (Å²) >= 11 is 0. The fourth-order valence-corrected chi connectivity index (χ4v) is 6.67. The van der Waals surface area contributed by atoms with Gasteiger partial charge in [0.2, 0.25) is 5.76 Å². The number of hydrogen-bond acceptors (Lipinski definition) is 17. The number of esters is 1. The third-order valence-electron chi connectivity index (χ3n) is 9.17. The number of ether oxygens (including phenoxy) is 4. The molecular formula is C29H55N5O12. The predicted octanol–water partition coefficient (Wildman–Crippen LogP) is -3.81. The smallest absolute Gasteiger partial charge is 0.377 e. The normalized spacial score (nSPS) is 42.3. The Bertz CT molecular complexity index is 1010. The molecule has 0 unspecified atom stereocenters. The molecule has 2 aliphatic heterocycles. The average molecular weight is 666 g/mol. The van der Waals surface area contributed by atoms with E-state index in [1.807, 2.05) is 14.0 Å². The number of aliphatic hydroxyl groups is 7. The zero-order chi connectivity index (χ0) is 34.3. The molecule has 3 fully saturated rings. The first kappa shape index (κ1) is 38.7. The molecule has 14 N–H and O–H groups in total. The molecule has 268 valence electrons. The Hall–Kier alpha value is -1.71. The molecule has 17 heteroatoms. The molecule has 0 bridgehead atoms. The van der Waals surface area contributed by atoms with E-state index in [1.165, 1.54) is 0 Å². The van der Waals surface area contributed by atoms with Crippen LogP contribution in [0.15, 0.2) is 11.5 Å². The second-order valence-electron chi connectivity index (χ2n) is 12.8. The largest absolute Gasteiger partial charge is 0.505 e. The molecule has 14 atom stereocenters. The highest BCUT2D eigenvalue weighted by atomic mass is 16.7. The minimum absolute atomic E-state index is 0.0157. The van der Waals surface area contributed by atoms with E-state index < -0.39 is 84.7 Å². The number of hydrogen-bond donors (Lipinski definition) is 12. The lowest BCUT2D eigenvalue weighted by atomic mass is 9.81. The SMILES string of the molecule is CCN[C@@H]1C[C@H](N)[C@H](O[C@H]2C[C@H](CNC)CC[C@H]2N)[C@H](O)[C@H]1O[C@@H]1OC[C@@](C)(O)[C@@H](NC)[C@@H]1O.O=C1O[C@H]([C@@H](O)CO)C(O)=C1O. The molecule has 4 rings (SSSR count). The van der Waals surface area contributed by atoms with E-state index >= 15 is 0 Å². The number of nitrogens with one attached hydrogen (secondary N) is 3. The highest BCUT2D eigenvalue weighted by molar-refractivity contribution is 5.89. The number of rotatable bonds is 11. The number of likely N-dealkylation sites (N-methyl/N-ethyl adjacent to an activating group) is 2. The van der Waals surface area contributed by atoms with Crippen LogP contribution in [0.5, 0.6) is 0 Å². The summed E-state index contributed by atoms with van der Waals surface area (Å²) < 4.78 is 22.6. The first-order chi connectivity index (χ1) is 21.7. The molecule has 0 aromatic rings. The van der Waals surface area contributed by atoms with Gasteiger partial charge < -0.3 is 82.1 Å². The van der Waals surface area contributed by atoms with Crippen LogP contribution in [0.3, 0.4) is 0 Å². The van der Waals surface area contributed by atoms with E-state index in [0.717, 1.165) is 25.8 Å². The van der Waals surface area contributed by atoms with Crippen molar-refractivity contribution in [2.24, 2.45) is 17.4 Å². The third kappa shape index (κ3) is 9.04. The second-order valence-corrected chi connectivity index (χ2v) is 12.8. The summed E-state index contributed by atoms with van der Waals surface area (Å²) in [7, 11) is 3.60. The Balaban J connectivity index is 0.000000402. The molecule has 2 heterocycles. The maximum Gasteiger partial charge on any atom is 0.377 e. The Labute approximate surface area is 269 Å². The molecule has 0 radical (unpaired) electrons. The van der Waals surface area contributed by atoms with Crippen molar-refractivity contribution in [3.05, 3.63) is 11.5 Å². The van der Waals surface area contributed by atoms with Gasteiger partial charge in [-0.15, -0.1) is 0 Å². The first-order valence-electron chi connectivity index (χ1n) is 15.9. The summed E-state index contributed by atoms with van der Waals surface area (Å²) in [5, 5.41) is 77.3. The fourth-order valence-electron chi connectivity index (χ4n) is 6.67. The number of carbonyl (C=O) groups excluding carboxylic acids is 1. The van der Waals surface area contributed by atoms with Gasteiger partial charge in [0.1, 0.15) is 36.1 Å². The second kappa shape index (κ2) is 17.1. The van der Waals surface area contributed by atoms with Crippen molar-refractivity contribution in [1.82, 2.24) is 16.0 Å². The lowest BCUT2D eigenvalue weighted by Gasteiger charge is -2.49. The van der Waals surface area contributed by atoms with Gasteiger partial charge >= 0.3 is 5.97 Å². The fraction of sp³-hybridized carbons (Fsp3) is 0.897. The molecule has 0 amide bonds. The van der Waals surface area contributed by atoms with Crippen LogP contribution in [0.25, 0.3) is 0 Å². The summed E-state index contributed by atoms with van der Waals surface area (Å²) in [5.74, 6) is -2.32. The number of nitrogens with two attached hydrogens (primary N) is 2. The van der Waals surface area contributed by atoms with Gasteiger partial charge in [-0.2, -0.15) is 0 Å². The van der Waals surface area contributed by atoms with E-state index in [2.05, 4.69) is 20.7 Å². The van der Waals surface area contributed by atoms with Crippen molar-refractivity contribution in [3.63, 3.8) is 0 Å². The van der Waals surface area contributed by atoms with Crippen LogP contribution >= 0.6 is 0 Å². The van der Waals surface area contributed by atoms with Crippen molar-refractivity contribution in [2.45, 2.75) is 118 Å². The Kier molecular flexibility index (Phi) is 14.4. The van der Waals surface area contributed by atoms with Gasteiger partial charge in [0, 0.05) is 18.1 Å². The van der Waals surface area contributed by atoms with Gasteiger partial charge in [0.25, 0.3) is 0 Å². The quantitative estimate of drug-likeness (QED) is 0.0942. The lowest BCUT2D eigenvalue weighted by molar-refractivity contribution is -0.300. The summed E-state index contributed by atoms with van der Waals surface area (Å²) in [4.78, 5) is 10.5. The molecule has 0 aromatic heterocycles. The van der Waals surface area contributed by atoms with Gasteiger partial charge in [0.05, 0.1) is 25.4 Å². The van der Waals surface area contributed by atoms with Gasteiger partial charge in [-0.3, -0.25) is 0 Å². The van der Waals surface area contributed by atoms with Crippen molar-refractivity contribution in [3.8, 4) is 0 Å². The van der Waals surface area contributed by atoms with Crippen LogP contribution in [0.2, 0.25) is 0 Å². The molecule has 0 aromatic carbocycles. The van der Waals surface area contributed by atoms with Gasteiger partial charge in [-0.25, -0.2) is 4.79 Å². The minimum atomic E-state index is -1.42. The summed E-state index contributed by atoms with van der Waals surface area (Å²) in [6, 6.07) is -1.42. The van der Waals surface area contributed by atoms with Crippen LogP contribution < -0.4 is 27.4 Å². The lowest BCUT2D eigenvalue weighted by Crippen LogP contribution is -2.69. The topological polar surface area (TPSA) is 284 Å². The van der Waals surface area contributed by atoms with E-state index in [-0.39, 0.29) is 24.8 Å². The van der Waals surface area contributed by atoms with Crippen LogP contribution in [0, 0.1) is 5.92 Å². The van der Waals surface area contributed by atoms with Crippen LogP contribution in [0.1, 0.15) is 39.5 Å². The van der Waals surface area contributed by atoms with Crippen LogP contribution in [-0.2, 0) is 23.7 Å². The summed E-state index contributed by atoms with van der Waals surface area (Å²) in [6.45, 7) is 4.44. The van der Waals surface area contributed by atoms with Gasteiger partial charge in [-0.1, -0.05) is 6.92 Å². The van der Waals surface area contributed by atoms with E-state index in [1.54, 1.807) is 14.0 Å². The Morgan fingerprint density at radius 2 is 1.76 bits per heavy atom. The average Bonchev–Trinajstić information content (AvgIpc) is 3.27. The molecule has 2 saturated carbocycles. The Morgan fingerprint density at radius 1 is 1.07 bits per heavy atom. The highest BCUT2D eigenvalue weighted by Crippen LogP contribution is 2.33. The van der Waals surface area contributed by atoms with Crippen molar-refractivity contribution in [2.75, 3.05) is 40.4 Å². The maximum absolute atomic E-state index is 11.4. The molecule has 46 heavy (non-hydrogen) atoms. The zero-order valence-corrected chi connectivity index (χ0v) is 27.0. The molecule has 4 aliphatic rings. The molecule has 1 saturated heterocycles. The zero-order valence-electron chi connectivity index (χ0n) is 27.0. The molecule has 2 aliphatic carbocycles. The number of aliphatic hydroxyl groups excluding tert-OH is 6. The molecule has 17 nitrogen and oxygen atoms in total. The number of cyclic esters (lactones) is 1. The van der Waals surface area contributed by atoms with Gasteiger partial charge in [0.15, 0.2) is 18.2 Å². The Morgan fingerprint density at radius 3 is 2.33 bits per heavy atom. The number of carbonyl (C=O) groups is 1. The minimum Gasteiger partial charge on any atom is -0.505 e. The van der Waals surface area contributed by atoms with E-state index in [4.69, 9.17) is 46.1 Å². The van der Waals surface area contributed by atoms with Crippen molar-refractivity contribution in [1.29, 1.82) is 0 Å². The summed E-state index contributed by atoms with van der Waals surface area (Å²) in [5.41, 5.74) is 11.6. The van der Waals surface area contributed by atoms with Gasteiger partial charge in [-0.05, 0) is 65.7 Å². The molecular weight excluding hydrogens is 610 g/mol. The third-order valence-corrected chi connectivity index (χ3v) is 9.17. The van der Waals surface area contributed by atoms with E-state index in [9.17, 15) is 20.1 Å². The van der Waals surface area contributed by atoms with E-state index in [0.29, 0.717) is 18.9 Å². The first-order valence-corrected chi connectivity index (χ1v) is 15.9. The standard InChI is InChI=1S/C23H47N5O6.C6H8O6/c1-5-28-15-9-14(25)19(33-16-8-12(10-26-3)6-7-13(16)24)17(29)20(15)34-22-18(30)21(27-4)23(2,31)11-32-22;7-1-2(8)5-3(9)4(10)6(11)12-5/h12-22,26-31H,5-11,24-25H2,1-4H3;2,5,7-10H,1H2/t12-,13-,14+,15-,16+,17+,18+,19+,20+,21+,22+,23-;2-,5+/m10/s1. The summed E-state index contributed by atoms with van der Waals surface area (Å²) in [6.07, 6.45) is -4.32. The molecule has 0 spiro atoms. The van der Waals surface area contributed by atoms with Crippen molar-refractivity contribution >= 4 is 5.97 Å². The van der Waals surface area contributed by atoms with Crippen molar-refractivity contribution < 1.29 is 59.5 Å². The van der Waals surface area contributed by atoms with Crippen LogP contribution in [-0.4, -0.2) is 161 Å². The predicted molar refractivity (Wildman–Crippen MR) is 163 cm³/mol. The van der Waals surface area contributed by atoms with Crippen LogP contribution in [0.4, 0.5) is 0 Å². The monoisotopic (exact) mass is 665 g/mol. The highest BCUT2D eigenvalue weighted by Gasteiger charge is 2.51. The maximum atomic E-state index is 11.4.